The zero-order chi connectivity index (χ0) is 15.3. The number of fused-ring (bicyclic) bond motifs is 1. The van der Waals surface area contributed by atoms with Crippen LogP contribution in [-0.4, -0.2) is 31.3 Å². The van der Waals surface area contributed by atoms with E-state index in [1.807, 2.05) is 0 Å². The van der Waals surface area contributed by atoms with Crippen molar-refractivity contribution < 1.29 is 14.8 Å². The Kier molecular flexibility index (Phi) is 2.73. The SMILES string of the molecule is Cn1c(O)c(C2=NC(=S)NC2=O)c2cc([N+](=O)[O-])ccc21. The van der Waals surface area contributed by atoms with E-state index in [4.69, 9.17) is 12.2 Å². The van der Waals surface area contributed by atoms with Gasteiger partial charge in [-0.3, -0.25) is 20.2 Å². The lowest BCUT2D eigenvalue weighted by Crippen LogP contribution is -2.25. The molecule has 0 saturated carbocycles. The van der Waals surface area contributed by atoms with Gasteiger partial charge in [-0.1, -0.05) is 0 Å². The van der Waals surface area contributed by atoms with Gasteiger partial charge in [-0.25, -0.2) is 4.99 Å². The third kappa shape index (κ3) is 1.86. The molecule has 0 atom stereocenters. The molecular formula is C12H8N4O4S. The van der Waals surface area contributed by atoms with Crippen LogP contribution in [0.3, 0.4) is 0 Å². The molecule has 1 aromatic carbocycles. The monoisotopic (exact) mass is 304 g/mol. The highest BCUT2D eigenvalue weighted by molar-refractivity contribution is 7.80. The number of aryl methyl sites for hydroxylation is 1. The summed E-state index contributed by atoms with van der Waals surface area (Å²) in [5.41, 5.74) is 0.481. The third-order valence-corrected chi connectivity index (χ3v) is 3.44. The molecule has 1 aliphatic heterocycles. The van der Waals surface area contributed by atoms with E-state index in [1.54, 1.807) is 7.05 Å². The Hall–Kier alpha value is -2.81. The number of nitro benzene ring substituents is 1. The van der Waals surface area contributed by atoms with Gasteiger partial charge < -0.3 is 9.67 Å². The Morgan fingerprint density at radius 3 is 2.76 bits per heavy atom. The molecule has 1 aromatic heterocycles. The summed E-state index contributed by atoms with van der Waals surface area (Å²) in [7, 11) is 1.58. The molecule has 2 aromatic rings. The summed E-state index contributed by atoms with van der Waals surface area (Å²) in [6.07, 6.45) is 0. The lowest BCUT2D eigenvalue weighted by Gasteiger charge is -1.98. The maximum atomic E-state index is 11.8. The third-order valence-electron chi connectivity index (χ3n) is 3.25. The van der Waals surface area contributed by atoms with Crippen LogP contribution in [0.25, 0.3) is 10.9 Å². The number of carbonyl (C=O) groups is 1. The van der Waals surface area contributed by atoms with Gasteiger partial charge in [-0.2, -0.15) is 0 Å². The number of aromatic hydroxyl groups is 1. The molecule has 21 heavy (non-hydrogen) atoms. The normalized spacial score (nSPS) is 14.4. The van der Waals surface area contributed by atoms with E-state index in [0.29, 0.717) is 10.9 Å². The molecule has 8 nitrogen and oxygen atoms in total. The van der Waals surface area contributed by atoms with Crippen molar-refractivity contribution in [2.24, 2.45) is 12.0 Å². The van der Waals surface area contributed by atoms with Crippen molar-refractivity contribution >= 4 is 45.5 Å². The molecule has 1 amide bonds. The van der Waals surface area contributed by atoms with E-state index in [1.165, 1.54) is 22.8 Å². The highest BCUT2D eigenvalue weighted by Crippen LogP contribution is 2.33. The molecule has 0 bridgehead atoms. The highest BCUT2D eigenvalue weighted by Gasteiger charge is 2.29. The summed E-state index contributed by atoms with van der Waals surface area (Å²) in [5, 5.41) is 23.8. The number of non-ortho nitro benzene ring substituents is 1. The number of aromatic nitrogens is 1. The Bertz CT molecular complexity index is 868. The van der Waals surface area contributed by atoms with Crippen LogP contribution in [0.15, 0.2) is 23.2 Å². The first-order valence-electron chi connectivity index (χ1n) is 5.80. The first kappa shape index (κ1) is 13.2. The fourth-order valence-electron chi connectivity index (χ4n) is 2.27. The van der Waals surface area contributed by atoms with Crippen molar-refractivity contribution in [3.05, 3.63) is 33.9 Å². The van der Waals surface area contributed by atoms with E-state index in [-0.39, 0.29) is 28.0 Å². The number of nitrogens with one attached hydrogen (secondary N) is 1. The van der Waals surface area contributed by atoms with Gasteiger partial charge in [0.1, 0.15) is 5.71 Å². The number of benzene rings is 1. The van der Waals surface area contributed by atoms with Gasteiger partial charge >= 0.3 is 0 Å². The summed E-state index contributed by atoms with van der Waals surface area (Å²) in [4.78, 5) is 26.1. The molecule has 1 aliphatic rings. The van der Waals surface area contributed by atoms with Crippen LogP contribution in [-0.2, 0) is 11.8 Å². The number of carbonyl (C=O) groups excluding carboxylic acids is 1. The molecule has 0 saturated heterocycles. The van der Waals surface area contributed by atoms with Gasteiger partial charge in [0, 0.05) is 24.6 Å². The molecule has 0 unspecified atom stereocenters. The topological polar surface area (TPSA) is 110 Å². The van der Waals surface area contributed by atoms with Crippen molar-refractivity contribution in [1.29, 1.82) is 0 Å². The number of rotatable bonds is 2. The van der Waals surface area contributed by atoms with E-state index < -0.39 is 10.8 Å². The van der Waals surface area contributed by atoms with Gasteiger partial charge in [0.2, 0.25) is 11.0 Å². The number of nitrogens with zero attached hydrogens (tertiary/aromatic N) is 3. The second kappa shape index (κ2) is 4.35. The van der Waals surface area contributed by atoms with Crippen LogP contribution in [0.4, 0.5) is 5.69 Å². The van der Waals surface area contributed by atoms with Crippen LogP contribution in [0.2, 0.25) is 0 Å². The van der Waals surface area contributed by atoms with Crippen LogP contribution < -0.4 is 5.32 Å². The second-order valence-electron chi connectivity index (χ2n) is 4.44. The second-order valence-corrected chi connectivity index (χ2v) is 4.82. The average molecular weight is 304 g/mol. The van der Waals surface area contributed by atoms with Gasteiger partial charge in [0.15, 0.2) is 0 Å². The maximum absolute atomic E-state index is 11.8. The van der Waals surface area contributed by atoms with Crippen LogP contribution in [0.5, 0.6) is 5.88 Å². The summed E-state index contributed by atoms with van der Waals surface area (Å²) in [6, 6.07) is 4.12. The molecule has 0 spiro atoms. The van der Waals surface area contributed by atoms with Crippen molar-refractivity contribution in [3.8, 4) is 5.88 Å². The zero-order valence-electron chi connectivity index (χ0n) is 10.7. The molecule has 106 valence electrons. The molecule has 0 radical (unpaired) electrons. The van der Waals surface area contributed by atoms with Gasteiger partial charge in [-0.05, 0) is 18.3 Å². The molecular weight excluding hydrogens is 296 g/mol. The van der Waals surface area contributed by atoms with E-state index in [2.05, 4.69) is 10.3 Å². The summed E-state index contributed by atoms with van der Waals surface area (Å²) in [5.74, 6) is -0.751. The number of hydrogen-bond donors (Lipinski definition) is 2. The van der Waals surface area contributed by atoms with E-state index >= 15 is 0 Å². The predicted molar refractivity (Wildman–Crippen MR) is 78.5 cm³/mol. The van der Waals surface area contributed by atoms with Crippen molar-refractivity contribution in [1.82, 2.24) is 9.88 Å². The van der Waals surface area contributed by atoms with Crippen molar-refractivity contribution in [3.63, 3.8) is 0 Å². The van der Waals surface area contributed by atoms with Gasteiger partial charge in [0.25, 0.3) is 11.6 Å². The highest BCUT2D eigenvalue weighted by atomic mass is 32.1. The zero-order valence-corrected chi connectivity index (χ0v) is 11.5. The van der Waals surface area contributed by atoms with Crippen molar-refractivity contribution in [2.75, 3.05) is 0 Å². The van der Waals surface area contributed by atoms with E-state index in [9.17, 15) is 20.0 Å². The standard InChI is InChI=1S/C12H8N4O4S/c1-15-7-3-2-5(16(19)20)4-6(7)8(11(15)18)9-10(17)14-12(21)13-9/h2-4,18H,1H3,(H,14,17,21). The molecule has 0 fully saturated rings. The van der Waals surface area contributed by atoms with Crippen molar-refractivity contribution in [2.45, 2.75) is 0 Å². The Labute approximate surface area is 122 Å². The Balaban J connectivity index is 2.36. The first-order valence-corrected chi connectivity index (χ1v) is 6.21. The summed E-state index contributed by atoms with van der Waals surface area (Å²) < 4.78 is 1.42. The minimum Gasteiger partial charge on any atom is -0.494 e. The van der Waals surface area contributed by atoms with Crippen LogP contribution in [0, 0.1) is 10.1 Å². The van der Waals surface area contributed by atoms with Crippen LogP contribution >= 0.6 is 12.2 Å². The van der Waals surface area contributed by atoms with Crippen LogP contribution in [0.1, 0.15) is 5.56 Å². The number of aliphatic imine (C=N–C) groups is 1. The fourth-order valence-corrected chi connectivity index (χ4v) is 2.46. The van der Waals surface area contributed by atoms with Gasteiger partial charge in [-0.15, -0.1) is 0 Å². The molecule has 2 N–H and O–H groups in total. The quantitative estimate of drug-likeness (QED) is 0.488. The first-order chi connectivity index (χ1) is 9.90. The largest absolute Gasteiger partial charge is 0.494 e. The maximum Gasteiger partial charge on any atom is 0.277 e. The molecule has 2 heterocycles. The fraction of sp³-hybridized carbons (Fsp3) is 0.0833. The lowest BCUT2D eigenvalue weighted by molar-refractivity contribution is -0.384. The number of nitro groups is 1. The average Bonchev–Trinajstić information content (AvgIpc) is 2.88. The summed E-state index contributed by atoms with van der Waals surface area (Å²) in [6.45, 7) is 0. The lowest BCUT2D eigenvalue weighted by atomic mass is 10.1. The molecule has 0 aliphatic carbocycles. The van der Waals surface area contributed by atoms with E-state index in [0.717, 1.165) is 0 Å². The predicted octanol–water partition coefficient (Wildman–Crippen LogP) is 0.996. The number of amides is 1. The molecule has 9 heteroatoms. The Morgan fingerprint density at radius 1 is 1.48 bits per heavy atom. The Morgan fingerprint density at radius 2 is 2.19 bits per heavy atom. The summed E-state index contributed by atoms with van der Waals surface area (Å²) >= 11 is 4.80. The number of hydrogen-bond acceptors (Lipinski definition) is 5. The smallest absolute Gasteiger partial charge is 0.277 e. The van der Waals surface area contributed by atoms with Gasteiger partial charge in [0.05, 0.1) is 16.0 Å². The minimum atomic E-state index is -0.547. The number of thiocarbonyl (C=S) groups is 1. The minimum absolute atomic E-state index is 0.00293. The molecule has 3 rings (SSSR count).